The third-order valence-electron chi connectivity index (χ3n) is 4.60. The van der Waals surface area contributed by atoms with Crippen LogP contribution in [0.4, 0.5) is 0 Å². The number of piperidine rings is 1. The molecule has 3 N–H and O–H groups in total. The number of carbonyl (C=O) groups excluding carboxylic acids is 2. The molecule has 0 saturated carbocycles. The molecule has 1 saturated heterocycles. The van der Waals surface area contributed by atoms with Crippen LogP contribution < -0.4 is 10.7 Å². The van der Waals surface area contributed by atoms with Crippen molar-refractivity contribution in [2.75, 3.05) is 20.2 Å². The number of H-pyrrole nitrogens is 1. The normalized spacial score (nSPS) is 21.9. The summed E-state index contributed by atoms with van der Waals surface area (Å²) >= 11 is 6.00. The van der Waals surface area contributed by atoms with Crippen LogP contribution >= 0.6 is 11.6 Å². The minimum atomic E-state index is -0.381. The van der Waals surface area contributed by atoms with Gasteiger partial charge in [0.05, 0.1) is 29.8 Å². The number of nitrogens with zero attached hydrogens (tertiary/aromatic N) is 4. The van der Waals surface area contributed by atoms with Gasteiger partial charge in [0.25, 0.3) is 11.8 Å². The molecule has 1 unspecified atom stereocenters. The number of likely N-dealkylation sites (tertiary alicyclic amines) is 1. The predicted molar refractivity (Wildman–Crippen MR) is 104 cm³/mol. The monoisotopic (exact) mass is 407 g/mol. The van der Waals surface area contributed by atoms with Crippen molar-refractivity contribution in [2.24, 2.45) is 10.1 Å². The Morgan fingerprint density at radius 1 is 1.50 bits per heavy atom. The minimum Gasteiger partial charge on any atom is -0.377 e. The largest absolute Gasteiger partial charge is 0.377 e. The Labute approximate surface area is 167 Å². The zero-order valence-electron chi connectivity index (χ0n) is 15.7. The Bertz CT molecular complexity index is 848. The molecule has 3 heterocycles. The van der Waals surface area contributed by atoms with Gasteiger partial charge in [-0.25, -0.2) is 9.98 Å². The molecule has 0 radical (unpaired) electrons. The number of methoxy groups -OCH3 is 1. The van der Waals surface area contributed by atoms with Crippen LogP contribution in [0.25, 0.3) is 0 Å². The van der Waals surface area contributed by atoms with Gasteiger partial charge in [-0.05, 0) is 12.8 Å². The van der Waals surface area contributed by atoms with Gasteiger partial charge in [-0.2, -0.15) is 5.10 Å². The molecule has 3 rings (SSSR count). The van der Waals surface area contributed by atoms with E-state index in [1.54, 1.807) is 12.0 Å². The smallest absolute Gasteiger partial charge is 0.291 e. The first-order valence-electron chi connectivity index (χ1n) is 8.86. The second-order valence-corrected chi connectivity index (χ2v) is 6.78. The average molecular weight is 408 g/mol. The van der Waals surface area contributed by atoms with Crippen molar-refractivity contribution in [1.29, 1.82) is 0 Å². The Hall–Kier alpha value is -2.72. The van der Waals surface area contributed by atoms with Crippen LogP contribution in [-0.2, 0) is 16.0 Å². The Balaban J connectivity index is 1.63. The van der Waals surface area contributed by atoms with E-state index in [1.165, 1.54) is 6.21 Å². The molecule has 28 heavy (non-hydrogen) atoms. The van der Waals surface area contributed by atoms with Crippen molar-refractivity contribution in [2.45, 2.75) is 31.9 Å². The lowest BCUT2D eigenvalue weighted by atomic mass is 10.0. The van der Waals surface area contributed by atoms with Gasteiger partial charge >= 0.3 is 0 Å². The number of rotatable bonds is 5. The van der Waals surface area contributed by atoms with Crippen LogP contribution in [0.15, 0.2) is 22.4 Å². The number of hydrogen-bond acceptors (Lipinski definition) is 7. The number of aliphatic imine (C=N–C) groups is 1. The van der Waals surface area contributed by atoms with Crippen LogP contribution in [0.2, 0.25) is 5.15 Å². The van der Waals surface area contributed by atoms with Crippen molar-refractivity contribution in [3.8, 4) is 0 Å². The number of allylic oxidation sites excluding steroid dienone is 1. The number of hydrogen-bond donors (Lipinski definition) is 3. The van der Waals surface area contributed by atoms with E-state index in [9.17, 15) is 9.59 Å². The topological polar surface area (TPSA) is 124 Å². The van der Waals surface area contributed by atoms with E-state index in [0.717, 1.165) is 0 Å². The van der Waals surface area contributed by atoms with Crippen LogP contribution in [0.3, 0.4) is 0 Å². The molecule has 0 aliphatic carbocycles. The maximum Gasteiger partial charge on any atom is 0.291 e. The zero-order valence-corrected chi connectivity index (χ0v) is 16.4. The van der Waals surface area contributed by atoms with Gasteiger partial charge in [0, 0.05) is 20.2 Å². The van der Waals surface area contributed by atoms with Gasteiger partial charge in [-0.1, -0.05) is 25.1 Å². The molecule has 11 heteroatoms. The van der Waals surface area contributed by atoms with E-state index in [2.05, 4.69) is 37.4 Å². The zero-order chi connectivity index (χ0) is 20.3. The SMILES string of the molecule is C=C1C=NNC(C(=O)N2CCC(NC(=O)c3nc(Cl)c(CC)[nH]3)[C@@H](OC)C2)=N1. The third-order valence-corrected chi connectivity index (χ3v) is 4.92. The second-order valence-electron chi connectivity index (χ2n) is 6.42. The fraction of sp³-hybridized carbons (Fsp3) is 0.471. The molecule has 2 amide bonds. The highest BCUT2D eigenvalue weighted by Gasteiger charge is 2.35. The van der Waals surface area contributed by atoms with Crippen LogP contribution in [0.1, 0.15) is 29.7 Å². The number of amides is 2. The summed E-state index contributed by atoms with van der Waals surface area (Å²) in [6.07, 6.45) is 2.21. The average Bonchev–Trinajstić information content (AvgIpc) is 3.08. The molecule has 150 valence electrons. The summed E-state index contributed by atoms with van der Waals surface area (Å²) in [6.45, 7) is 6.32. The Morgan fingerprint density at radius 2 is 2.29 bits per heavy atom. The van der Waals surface area contributed by atoms with E-state index in [4.69, 9.17) is 16.3 Å². The van der Waals surface area contributed by atoms with Gasteiger partial charge in [0.2, 0.25) is 5.84 Å². The predicted octanol–water partition coefficient (Wildman–Crippen LogP) is 0.472. The van der Waals surface area contributed by atoms with Crippen molar-refractivity contribution in [3.63, 3.8) is 0 Å². The molecule has 0 aromatic carbocycles. The number of carbonyl (C=O) groups is 2. The Kier molecular flexibility index (Phi) is 6.10. The van der Waals surface area contributed by atoms with Crippen LogP contribution in [-0.4, -0.2) is 71.1 Å². The summed E-state index contributed by atoms with van der Waals surface area (Å²) < 4.78 is 5.51. The molecule has 0 spiro atoms. The summed E-state index contributed by atoms with van der Waals surface area (Å²) in [5.41, 5.74) is 3.70. The molecular weight excluding hydrogens is 386 g/mol. The van der Waals surface area contributed by atoms with Gasteiger partial charge < -0.3 is 19.9 Å². The van der Waals surface area contributed by atoms with E-state index in [0.29, 0.717) is 42.5 Å². The van der Waals surface area contributed by atoms with E-state index in [1.807, 2.05) is 6.92 Å². The first kappa shape index (κ1) is 20.0. The van der Waals surface area contributed by atoms with E-state index in [-0.39, 0.29) is 35.6 Å². The fourth-order valence-corrected chi connectivity index (χ4v) is 3.35. The van der Waals surface area contributed by atoms with E-state index >= 15 is 0 Å². The maximum atomic E-state index is 12.6. The summed E-state index contributed by atoms with van der Waals surface area (Å²) in [5, 5.41) is 7.04. The summed E-state index contributed by atoms with van der Waals surface area (Å²) in [6, 6.07) is -0.273. The first-order valence-corrected chi connectivity index (χ1v) is 9.24. The number of ether oxygens (including phenoxy) is 1. The molecule has 2 aliphatic heterocycles. The van der Waals surface area contributed by atoms with Crippen molar-refractivity contribution in [3.05, 3.63) is 28.9 Å². The third kappa shape index (κ3) is 4.23. The molecule has 0 bridgehead atoms. The van der Waals surface area contributed by atoms with Crippen LogP contribution in [0.5, 0.6) is 0 Å². The van der Waals surface area contributed by atoms with Crippen LogP contribution in [0, 0.1) is 0 Å². The molecule has 2 aliphatic rings. The Morgan fingerprint density at radius 3 is 2.93 bits per heavy atom. The molecule has 2 atom stereocenters. The van der Waals surface area contributed by atoms with Crippen molar-refractivity contribution in [1.82, 2.24) is 25.6 Å². The fourth-order valence-electron chi connectivity index (χ4n) is 3.08. The maximum absolute atomic E-state index is 12.6. The number of nitrogens with one attached hydrogen (secondary N) is 3. The molecule has 1 aromatic heterocycles. The lowest BCUT2D eigenvalue weighted by Crippen LogP contribution is -2.57. The molecule has 1 aromatic rings. The first-order chi connectivity index (χ1) is 13.4. The highest BCUT2D eigenvalue weighted by atomic mass is 35.5. The number of aromatic amines is 1. The number of halogens is 1. The lowest BCUT2D eigenvalue weighted by Gasteiger charge is -2.38. The van der Waals surface area contributed by atoms with Crippen molar-refractivity contribution >= 4 is 35.5 Å². The number of aromatic nitrogens is 2. The van der Waals surface area contributed by atoms with Crippen molar-refractivity contribution < 1.29 is 14.3 Å². The van der Waals surface area contributed by atoms with Gasteiger partial charge in [-0.3, -0.25) is 15.0 Å². The quantitative estimate of drug-likeness (QED) is 0.654. The number of amidine groups is 1. The van der Waals surface area contributed by atoms with Gasteiger partial charge in [0.15, 0.2) is 11.0 Å². The highest BCUT2D eigenvalue weighted by molar-refractivity contribution is 6.38. The molecular formula is C17H22ClN7O3. The number of aryl methyl sites for hydroxylation is 1. The van der Waals surface area contributed by atoms with Gasteiger partial charge in [-0.15, -0.1) is 0 Å². The molecule has 10 nitrogen and oxygen atoms in total. The van der Waals surface area contributed by atoms with E-state index < -0.39 is 0 Å². The highest BCUT2D eigenvalue weighted by Crippen LogP contribution is 2.17. The lowest BCUT2D eigenvalue weighted by molar-refractivity contribution is -0.128. The summed E-state index contributed by atoms with van der Waals surface area (Å²) in [7, 11) is 1.54. The summed E-state index contributed by atoms with van der Waals surface area (Å²) in [4.78, 5) is 37.8. The minimum absolute atomic E-state index is 0.113. The standard InChI is InChI=1S/C17H22ClN7O3/c1-4-10-13(18)23-14(21-10)16(26)22-11-5-6-25(8-12(11)28-3)17(27)15-20-9(2)7-19-24-15/h7,11-12H,2,4-6,8H2,1,3H3,(H,20,24)(H,21,23)(H,22,26)/t11?,12-/m0/s1. The summed E-state index contributed by atoms with van der Waals surface area (Å²) in [5.74, 6) is -0.387. The second kappa shape index (κ2) is 8.53. The molecule has 1 fully saturated rings. The van der Waals surface area contributed by atoms with Gasteiger partial charge in [0.1, 0.15) is 0 Å². The number of hydrazone groups is 1. The number of imidazole rings is 1.